The Kier molecular flexibility index (Phi) is 5.31. The summed E-state index contributed by atoms with van der Waals surface area (Å²) in [5.74, 6) is 0.590. The van der Waals surface area contributed by atoms with Crippen LogP contribution in [0, 0.1) is 5.82 Å². The number of methoxy groups -OCH3 is 1. The van der Waals surface area contributed by atoms with E-state index in [4.69, 9.17) is 10.5 Å². The minimum Gasteiger partial charge on any atom is -0.496 e. The third kappa shape index (κ3) is 4.28. The first-order valence-corrected chi connectivity index (χ1v) is 6.91. The number of halogens is 1. The molecule has 0 bridgehead atoms. The Morgan fingerprint density at radius 2 is 1.81 bits per heavy atom. The zero-order chi connectivity index (χ0) is 15.2. The van der Waals surface area contributed by atoms with E-state index >= 15 is 0 Å². The third-order valence-corrected chi connectivity index (χ3v) is 3.41. The highest BCUT2D eigenvalue weighted by Gasteiger charge is 2.13. The number of rotatable bonds is 6. The molecule has 0 spiro atoms. The lowest BCUT2D eigenvalue weighted by atomic mass is 10.1. The van der Waals surface area contributed by atoms with E-state index in [1.807, 2.05) is 31.3 Å². The molecule has 0 heterocycles. The molecule has 0 amide bonds. The Balaban J connectivity index is 1.98. The Hall–Kier alpha value is -1.91. The van der Waals surface area contributed by atoms with Crippen molar-refractivity contribution in [3.8, 4) is 5.75 Å². The molecule has 112 valence electrons. The number of benzene rings is 2. The number of para-hydroxylation sites is 1. The molecule has 4 heteroatoms. The SMILES string of the molecule is COc1ccccc1C(N)CN(C)Cc1ccc(F)cc1. The smallest absolute Gasteiger partial charge is 0.123 e. The van der Waals surface area contributed by atoms with Gasteiger partial charge in [-0.3, -0.25) is 0 Å². The first-order valence-electron chi connectivity index (χ1n) is 6.91. The van der Waals surface area contributed by atoms with Crippen molar-refractivity contribution in [2.75, 3.05) is 20.7 Å². The van der Waals surface area contributed by atoms with Gasteiger partial charge in [0.1, 0.15) is 11.6 Å². The summed E-state index contributed by atoms with van der Waals surface area (Å²) in [4.78, 5) is 2.12. The van der Waals surface area contributed by atoms with Crippen molar-refractivity contribution in [1.29, 1.82) is 0 Å². The van der Waals surface area contributed by atoms with Gasteiger partial charge in [0.25, 0.3) is 0 Å². The monoisotopic (exact) mass is 288 g/mol. The van der Waals surface area contributed by atoms with Crippen LogP contribution in [0.3, 0.4) is 0 Å². The predicted molar refractivity (Wildman–Crippen MR) is 82.7 cm³/mol. The van der Waals surface area contributed by atoms with Gasteiger partial charge in [-0.15, -0.1) is 0 Å². The molecule has 2 rings (SSSR count). The summed E-state index contributed by atoms with van der Waals surface area (Å²) in [5, 5.41) is 0. The van der Waals surface area contributed by atoms with Crippen LogP contribution < -0.4 is 10.5 Å². The lowest BCUT2D eigenvalue weighted by molar-refractivity contribution is 0.301. The minimum absolute atomic E-state index is 0.133. The van der Waals surface area contributed by atoms with Crippen LogP contribution in [-0.4, -0.2) is 25.6 Å². The Morgan fingerprint density at radius 3 is 2.48 bits per heavy atom. The van der Waals surface area contributed by atoms with E-state index in [1.54, 1.807) is 19.2 Å². The van der Waals surface area contributed by atoms with Crippen LogP contribution in [0.4, 0.5) is 4.39 Å². The fourth-order valence-electron chi connectivity index (χ4n) is 2.37. The molecule has 1 atom stereocenters. The maximum absolute atomic E-state index is 12.9. The van der Waals surface area contributed by atoms with Gasteiger partial charge in [-0.25, -0.2) is 4.39 Å². The zero-order valence-corrected chi connectivity index (χ0v) is 12.4. The van der Waals surface area contributed by atoms with E-state index in [1.165, 1.54) is 12.1 Å². The lowest BCUT2D eigenvalue weighted by Crippen LogP contribution is -2.29. The molecule has 0 aromatic heterocycles. The summed E-state index contributed by atoms with van der Waals surface area (Å²) in [6.07, 6.45) is 0. The van der Waals surface area contributed by atoms with Crippen LogP contribution in [-0.2, 0) is 6.54 Å². The summed E-state index contributed by atoms with van der Waals surface area (Å²) in [6.45, 7) is 1.42. The maximum Gasteiger partial charge on any atom is 0.123 e. The van der Waals surface area contributed by atoms with Crippen LogP contribution in [0.25, 0.3) is 0 Å². The highest BCUT2D eigenvalue weighted by atomic mass is 19.1. The van der Waals surface area contributed by atoms with Crippen LogP contribution in [0.1, 0.15) is 17.2 Å². The van der Waals surface area contributed by atoms with Crippen LogP contribution in [0.2, 0.25) is 0 Å². The van der Waals surface area contributed by atoms with Gasteiger partial charge in [-0.2, -0.15) is 0 Å². The van der Waals surface area contributed by atoms with Gasteiger partial charge in [-0.05, 0) is 30.8 Å². The first-order chi connectivity index (χ1) is 10.1. The van der Waals surface area contributed by atoms with Crippen molar-refractivity contribution < 1.29 is 9.13 Å². The van der Waals surface area contributed by atoms with Gasteiger partial charge in [0, 0.05) is 24.7 Å². The van der Waals surface area contributed by atoms with Gasteiger partial charge in [0.15, 0.2) is 0 Å². The fourth-order valence-corrected chi connectivity index (χ4v) is 2.37. The summed E-state index contributed by atoms with van der Waals surface area (Å²) in [5.41, 5.74) is 8.32. The summed E-state index contributed by atoms with van der Waals surface area (Å²) in [6, 6.07) is 14.2. The second kappa shape index (κ2) is 7.20. The molecule has 0 aliphatic heterocycles. The Labute approximate surface area is 125 Å². The van der Waals surface area contributed by atoms with E-state index in [0.717, 1.165) is 23.4 Å². The molecule has 0 fully saturated rings. The third-order valence-electron chi connectivity index (χ3n) is 3.41. The number of nitrogens with zero attached hydrogens (tertiary/aromatic N) is 1. The van der Waals surface area contributed by atoms with Gasteiger partial charge >= 0.3 is 0 Å². The Morgan fingerprint density at radius 1 is 1.14 bits per heavy atom. The standard InChI is InChI=1S/C17H21FN2O/c1-20(11-13-7-9-14(18)10-8-13)12-16(19)15-5-3-4-6-17(15)21-2/h3-10,16H,11-12,19H2,1-2H3. The molecule has 2 N–H and O–H groups in total. The molecule has 21 heavy (non-hydrogen) atoms. The minimum atomic E-state index is -0.216. The topological polar surface area (TPSA) is 38.5 Å². The van der Waals surface area contributed by atoms with E-state index < -0.39 is 0 Å². The van der Waals surface area contributed by atoms with Crippen molar-refractivity contribution in [3.63, 3.8) is 0 Å². The summed E-state index contributed by atoms with van der Waals surface area (Å²) >= 11 is 0. The molecule has 0 saturated carbocycles. The molecule has 3 nitrogen and oxygen atoms in total. The average molecular weight is 288 g/mol. The van der Waals surface area contributed by atoms with Gasteiger partial charge < -0.3 is 15.4 Å². The summed E-state index contributed by atoms with van der Waals surface area (Å²) in [7, 11) is 3.65. The average Bonchev–Trinajstić information content (AvgIpc) is 2.49. The van der Waals surface area contributed by atoms with Gasteiger partial charge in [-0.1, -0.05) is 30.3 Å². The number of hydrogen-bond donors (Lipinski definition) is 1. The van der Waals surface area contributed by atoms with Gasteiger partial charge in [0.05, 0.1) is 7.11 Å². The molecule has 1 unspecified atom stereocenters. The second-order valence-corrected chi connectivity index (χ2v) is 5.17. The van der Waals surface area contributed by atoms with E-state index in [2.05, 4.69) is 4.90 Å². The predicted octanol–water partition coefficient (Wildman–Crippen LogP) is 2.97. The molecule has 0 radical (unpaired) electrons. The van der Waals surface area contributed by atoms with E-state index in [9.17, 15) is 4.39 Å². The number of hydrogen-bond acceptors (Lipinski definition) is 3. The van der Waals surface area contributed by atoms with Crippen LogP contribution >= 0.6 is 0 Å². The number of nitrogens with two attached hydrogens (primary N) is 1. The van der Waals surface area contributed by atoms with Crippen molar-refractivity contribution in [3.05, 3.63) is 65.5 Å². The molecule has 0 saturated heterocycles. The molecular weight excluding hydrogens is 267 g/mol. The maximum atomic E-state index is 12.9. The van der Waals surface area contributed by atoms with Crippen molar-refractivity contribution in [2.24, 2.45) is 5.73 Å². The second-order valence-electron chi connectivity index (χ2n) is 5.17. The normalized spacial score (nSPS) is 12.4. The van der Waals surface area contributed by atoms with Crippen molar-refractivity contribution in [2.45, 2.75) is 12.6 Å². The number of ether oxygens (including phenoxy) is 1. The van der Waals surface area contributed by atoms with Crippen LogP contribution in [0.15, 0.2) is 48.5 Å². The highest BCUT2D eigenvalue weighted by molar-refractivity contribution is 5.35. The Bertz CT molecular complexity index is 571. The molecule has 2 aromatic rings. The van der Waals surface area contributed by atoms with Crippen molar-refractivity contribution >= 4 is 0 Å². The number of likely N-dealkylation sites (N-methyl/N-ethyl adjacent to an activating group) is 1. The van der Waals surface area contributed by atoms with E-state index in [0.29, 0.717) is 6.54 Å². The first kappa shape index (κ1) is 15.5. The quantitative estimate of drug-likeness (QED) is 0.888. The van der Waals surface area contributed by atoms with Crippen molar-refractivity contribution in [1.82, 2.24) is 4.90 Å². The molecular formula is C17H21FN2O. The fraction of sp³-hybridized carbons (Fsp3) is 0.294. The molecule has 0 aliphatic carbocycles. The molecule has 2 aromatic carbocycles. The van der Waals surface area contributed by atoms with Gasteiger partial charge in [0.2, 0.25) is 0 Å². The lowest BCUT2D eigenvalue weighted by Gasteiger charge is -2.22. The molecule has 0 aliphatic rings. The largest absolute Gasteiger partial charge is 0.496 e. The summed E-state index contributed by atoms with van der Waals surface area (Å²) < 4.78 is 18.2. The highest BCUT2D eigenvalue weighted by Crippen LogP contribution is 2.23. The zero-order valence-electron chi connectivity index (χ0n) is 12.4. The van der Waals surface area contributed by atoms with E-state index in [-0.39, 0.29) is 11.9 Å². The van der Waals surface area contributed by atoms with Crippen LogP contribution in [0.5, 0.6) is 5.75 Å².